The van der Waals surface area contributed by atoms with Gasteiger partial charge in [0.05, 0.1) is 5.69 Å². The first kappa shape index (κ1) is 31.6. The van der Waals surface area contributed by atoms with Gasteiger partial charge in [0.25, 0.3) is 0 Å². The molecular formula is C52H33NOS. The number of benzene rings is 9. The Kier molecular flexibility index (Phi) is 7.39. The van der Waals surface area contributed by atoms with Crippen molar-refractivity contribution >= 4 is 81.3 Å². The molecule has 55 heavy (non-hydrogen) atoms. The Balaban J connectivity index is 1.14. The van der Waals surface area contributed by atoms with Gasteiger partial charge in [0.2, 0.25) is 0 Å². The number of furan rings is 1. The van der Waals surface area contributed by atoms with Crippen LogP contribution in [0.1, 0.15) is 0 Å². The predicted molar refractivity (Wildman–Crippen MR) is 235 cm³/mol. The molecule has 0 aliphatic rings. The summed E-state index contributed by atoms with van der Waals surface area (Å²) >= 11 is 1.87. The zero-order valence-electron chi connectivity index (χ0n) is 29.8. The standard InChI is InChI=1S/C52H33NOS/c1-3-13-36(14-4-1)42-19-11-20-44-46-33-41(28-31-48(46)54-51(42)44)53(40-26-24-35(25-27-40)39-23-22-34-12-7-8-17-38(34)32-39)47-30-29-43(37-15-5-2-6-16-37)52-50(47)45-18-9-10-21-49(45)55-52/h1-33H. The van der Waals surface area contributed by atoms with Crippen molar-refractivity contribution in [2.24, 2.45) is 0 Å². The number of hydrogen-bond acceptors (Lipinski definition) is 3. The Labute approximate surface area is 322 Å². The molecule has 0 aliphatic heterocycles. The van der Waals surface area contributed by atoms with Gasteiger partial charge < -0.3 is 9.32 Å². The third-order valence-corrected chi connectivity index (χ3v) is 12.1. The summed E-state index contributed by atoms with van der Waals surface area (Å²) < 4.78 is 9.20. The second-order valence-corrected chi connectivity index (χ2v) is 15.1. The zero-order chi connectivity index (χ0) is 36.3. The van der Waals surface area contributed by atoms with Crippen LogP contribution in [0.3, 0.4) is 0 Å². The van der Waals surface area contributed by atoms with Crippen LogP contribution < -0.4 is 4.90 Å². The Morgan fingerprint density at radius 3 is 1.89 bits per heavy atom. The molecular weight excluding hydrogens is 687 g/mol. The third-order valence-electron chi connectivity index (χ3n) is 10.9. The van der Waals surface area contributed by atoms with Crippen molar-refractivity contribution < 1.29 is 4.42 Å². The van der Waals surface area contributed by atoms with Gasteiger partial charge in [0.1, 0.15) is 11.2 Å². The quantitative estimate of drug-likeness (QED) is 0.170. The summed E-state index contributed by atoms with van der Waals surface area (Å²) in [6.07, 6.45) is 0. The van der Waals surface area contributed by atoms with Crippen molar-refractivity contribution in [1.29, 1.82) is 0 Å². The third kappa shape index (κ3) is 5.32. The number of rotatable bonds is 6. The molecule has 0 saturated heterocycles. The maximum Gasteiger partial charge on any atom is 0.143 e. The largest absolute Gasteiger partial charge is 0.455 e. The molecule has 0 bridgehead atoms. The van der Waals surface area contributed by atoms with Crippen molar-refractivity contribution in [2.45, 2.75) is 0 Å². The lowest BCUT2D eigenvalue weighted by Crippen LogP contribution is -2.10. The fourth-order valence-corrected chi connectivity index (χ4v) is 9.47. The monoisotopic (exact) mass is 719 g/mol. The van der Waals surface area contributed by atoms with E-state index >= 15 is 0 Å². The van der Waals surface area contributed by atoms with Gasteiger partial charge in [-0.3, -0.25) is 0 Å². The lowest BCUT2D eigenvalue weighted by atomic mass is 9.99. The molecule has 258 valence electrons. The molecule has 2 heterocycles. The second kappa shape index (κ2) is 12.9. The average molecular weight is 720 g/mol. The maximum atomic E-state index is 6.64. The first-order chi connectivity index (χ1) is 27.3. The van der Waals surface area contributed by atoms with Crippen molar-refractivity contribution in [2.75, 3.05) is 4.90 Å². The highest BCUT2D eigenvalue weighted by Gasteiger charge is 2.22. The molecule has 3 heteroatoms. The topological polar surface area (TPSA) is 16.4 Å². The van der Waals surface area contributed by atoms with Crippen LogP contribution in [0, 0.1) is 0 Å². The van der Waals surface area contributed by atoms with Gasteiger partial charge in [0.15, 0.2) is 0 Å². The van der Waals surface area contributed by atoms with E-state index in [0.717, 1.165) is 50.1 Å². The van der Waals surface area contributed by atoms with Crippen LogP contribution in [0.2, 0.25) is 0 Å². The van der Waals surface area contributed by atoms with Gasteiger partial charge in [-0.05, 0) is 87.1 Å². The van der Waals surface area contributed by atoms with Gasteiger partial charge in [0, 0.05) is 47.9 Å². The molecule has 11 rings (SSSR count). The molecule has 0 unspecified atom stereocenters. The van der Waals surface area contributed by atoms with Crippen LogP contribution in [0.15, 0.2) is 205 Å². The summed E-state index contributed by atoms with van der Waals surface area (Å²) in [5, 5.41) is 7.20. The summed E-state index contributed by atoms with van der Waals surface area (Å²) in [6, 6.07) is 72.1. The number of thiophene rings is 1. The number of para-hydroxylation sites is 1. The van der Waals surface area contributed by atoms with Gasteiger partial charge in [-0.15, -0.1) is 11.3 Å². The Bertz CT molecular complexity index is 3190. The summed E-state index contributed by atoms with van der Waals surface area (Å²) in [5.74, 6) is 0. The lowest BCUT2D eigenvalue weighted by Gasteiger charge is -2.27. The van der Waals surface area contributed by atoms with E-state index in [2.05, 4.69) is 205 Å². The van der Waals surface area contributed by atoms with Gasteiger partial charge in [-0.25, -0.2) is 0 Å². The van der Waals surface area contributed by atoms with Crippen LogP contribution in [0.4, 0.5) is 17.1 Å². The van der Waals surface area contributed by atoms with Gasteiger partial charge in [-0.2, -0.15) is 0 Å². The summed E-state index contributed by atoms with van der Waals surface area (Å²) in [7, 11) is 0. The number of nitrogens with zero attached hydrogens (tertiary/aromatic N) is 1. The molecule has 0 aliphatic carbocycles. The molecule has 0 fully saturated rings. The number of hydrogen-bond donors (Lipinski definition) is 0. The first-order valence-electron chi connectivity index (χ1n) is 18.7. The van der Waals surface area contributed by atoms with E-state index < -0.39 is 0 Å². The highest BCUT2D eigenvalue weighted by molar-refractivity contribution is 7.26. The molecule has 9 aromatic carbocycles. The molecule has 2 nitrogen and oxygen atoms in total. The Morgan fingerprint density at radius 1 is 0.400 bits per heavy atom. The molecule has 0 N–H and O–H groups in total. The lowest BCUT2D eigenvalue weighted by molar-refractivity contribution is 0.670. The normalized spacial score (nSPS) is 11.6. The zero-order valence-corrected chi connectivity index (χ0v) is 30.6. The number of anilines is 3. The van der Waals surface area contributed by atoms with E-state index in [9.17, 15) is 0 Å². The molecule has 2 aromatic heterocycles. The predicted octanol–water partition coefficient (Wildman–Crippen LogP) is 15.6. The fourth-order valence-electron chi connectivity index (χ4n) is 8.21. The average Bonchev–Trinajstić information content (AvgIpc) is 3.84. The molecule has 0 saturated carbocycles. The summed E-state index contributed by atoms with van der Waals surface area (Å²) in [4.78, 5) is 2.43. The molecule has 0 amide bonds. The van der Waals surface area contributed by atoms with Crippen molar-refractivity contribution in [3.63, 3.8) is 0 Å². The summed E-state index contributed by atoms with van der Waals surface area (Å²) in [5.41, 5.74) is 12.2. The molecule has 0 atom stereocenters. The van der Waals surface area contributed by atoms with Crippen LogP contribution >= 0.6 is 11.3 Å². The van der Waals surface area contributed by atoms with Crippen LogP contribution in [0.5, 0.6) is 0 Å². The molecule has 11 aromatic rings. The van der Waals surface area contributed by atoms with E-state index in [-0.39, 0.29) is 0 Å². The van der Waals surface area contributed by atoms with E-state index in [1.807, 2.05) is 11.3 Å². The second-order valence-electron chi connectivity index (χ2n) is 14.1. The Hall–Kier alpha value is -6.94. The van der Waals surface area contributed by atoms with Crippen molar-refractivity contribution in [1.82, 2.24) is 0 Å². The van der Waals surface area contributed by atoms with Gasteiger partial charge >= 0.3 is 0 Å². The fraction of sp³-hybridized carbons (Fsp3) is 0. The smallest absolute Gasteiger partial charge is 0.143 e. The van der Waals surface area contributed by atoms with Crippen molar-refractivity contribution in [3.05, 3.63) is 200 Å². The summed E-state index contributed by atoms with van der Waals surface area (Å²) in [6.45, 7) is 0. The van der Waals surface area contributed by atoms with Crippen LogP contribution in [-0.4, -0.2) is 0 Å². The van der Waals surface area contributed by atoms with Crippen molar-refractivity contribution in [3.8, 4) is 33.4 Å². The highest BCUT2D eigenvalue weighted by atomic mass is 32.1. The van der Waals surface area contributed by atoms with E-state index in [1.165, 1.54) is 53.2 Å². The van der Waals surface area contributed by atoms with Crippen LogP contribution in [0.25, 0.3) is 86.3 Å². The molecule has 0 spiro atoms. The maximum absolute atomic E-state index is 6.64. The minimum absolute atomic E-state index is 0.874. The van der Waals surface area contributed by atoms with Gasteiger partial charge in [-0.1, -0.05) is 152 Å². The van der Waals surface area contributed by atoms with E-state index in [1.54, 1.807) is 0 Å². The Morgan fingerprint density at radius 2 is 1.07 bits per heavy atom. The first-order valence-corrected chi connectivity index (χ1v) is 19.5. The minimum atomic E-state index is 0.874. The minimum Gasteiger partial charge on any atom is -0.455 e. The number of fused-ring (bicyclic) bond motifs is 7. The SMILES string of the molecule is c1ccc(-c2cccc3c2oc2ccc(N(c4ccc(-c5ccc6ccccc6c5)cc4)c4ccc(-c5ccccc5)c5sc6ccccc6c45)cc23)cc1. The molecule has 0 radical (unpaired) electrons. The van der Waals surface area contributed by atoms with E-state index in [4.69, 9.17) is 4.42 Å². The van der Waals surface area contributed by atoms with E-state index in [0.29, 0.717) is 0 Å². The van der Waals surface area contributed by atoms with Crippen LogP contribution in [-0.2, 0) is 0 Å². The highest BCUT2D eigenvalue weighted by Crippen LogP contribution is 2.49.